The standard InChI is InChI=1S/C11H21N/c1-6-8-11(7-2)12-10(5)9(3)4/h2,9-12H,6,8H2,1,3-5H3. The molecule has 0 bridgehead atoms. The molecule has 0 heterocycles. The van der Waals surface area contributed by atoms with Crippen LogP contribution >= 0.6 is 0 Å². The molecule has 0 aromatic rings. The zero-order valence-corrected chi connectivity index (χ0v) is 8.72. The molecule has 0 saturated heterocycles. The van der Waals surface area contributed by atoms with Crippen LogP contribution in [0.15, 0.2) is 0 Å². The summed E-state index contributed by atoms with van der Waals surface area (Å²) in [6.07, 6.45) is 7.62. The van der Waals surface area contributed by atoms with Gasteiger partial charge in [0.15, 0.2) is 0 Å². The van der Waals surface area contributed by atoms with Crippen molar-refractivity contribution < 1.29 is 0 Å². The number of terminal acetylenes is 1. The van der Waals surface area contributed by atoms with E-state index >= 15 is 0 Å². The molecular weight excluding hydrogens is 146 g/mol. The quantitative estimate of drug-likeness (QED) is 0.620. The van der Waals surface area contributed by atoms with Crippen LogP contribution in [-0.2, 0) is 0 Å². The summed E-state index contributed by atoms with van der Waals surface area (Å²) in [4.78, 5) is 0. The monoisotopic (exact) mass is 167 g/mol. The van der Waals surface area contributed by atoms with Crippen LogP contribution in [-0.4, -0.2) is 12.1 Å². The average molecular weight is 167 g/mol. The van der Waals surface area contributed by atoms with Gasteiger partial charge in [-0.1, -0.05) is 33.1 Å². The molecule has 0 spiro atoms. The third kappa shape index (κ3) is 4.41. The Kier molecular flexibility index (Phi) is 5.84. The van der Waals surface area contributed by atoms with Gasteiger partial charge in [-0.25, -0.2) is 0 Å². The van der Waals surface area contributed by atoms with Crippen molar-refractivity contribution in [3.8, 4) is 12.3 Å². The molecule has 0 aromatic heterocycles. The zero-order valence-electron chi connectivity index (χ0n) is 8.72. The second kappa shape index (κ2) is 6.08. The van der Waals surface area contributed by atoms with Crippen molar-refractivity contribution in [1.82, 2.24) is 5.32 Å². The molecule has 0 aliphatic rings. The van der Waals surface area contributed by atoms with Crippen molar-refractivity contribution >= 4 is 0 Å². The topological polar surface area (TPSA) is 12.0 Å². The first kappa shape index (κ1) is 11.5. The van der Waals surface area contributed by atoms with Crippen LogP contribution in [0.25, 0.3) is 0 Å². The van der Waals surface area contributed by atoms with E-state index in [1.807, 2.05) is 0 Å². The molecule has 1 heteroatoms. The summed E-state index contributed by atoms with van der Waals surface area (Å²) >= 11 is 0. The highest BCUT2D eigenvalue weighted by atomic mass is 14.9. The fraction of sp³-hybridized carbons (Fsp3) is 0.818. The maximum Gasteiger partial charge on any atom is 0.0688 e. The summed E-state index contributed by atoms with van der Waals surface area (Å²) < 4.78 is 0. The maximum atomic E-state index is 5.39. The van der Waals surface area contributed by atoms with Gasteiger partial charge in [-0.15, -0.1) is 6.42 Å². The highest BCUT2D eigenvalue weighted by Gasteiger charge is 2.10. The molecule has 0 amide bonds. The normalized spacial score (nSPS) is 15.7. The first-order chi connectivity index (χ1) is 5.61. The van der Waals surface area contributed by atoms with Crippen LogP contribution in [0.4, 0.5) is 0 Å². The third-order valence-electron chi connectivity index (χ3n) is 2.24. The first-order valence-electron chi connectivity index (χ1n) is 4.84. The van der Waals surface area contributed by atoms with Crippen LogP contribution < -0.4 is 5.32 Å². The highest BCUT2D eigenvalue weighted by Crippen LogP contribution is 2.03. The molecule has 70 valence electrons. The Balaban J connectivity index is 3.79. The molecule has 0 aliphatic heterocycles. The van der Waals surface area contributed by atoms with Gasteiger partial charge in [-0.05, 0) is 19.3 Å². The molecule has 0 saturated carbocycles. The fourth-order valence-electron chi connectivity index (χ4n) is 1.01. The molecular formula is C11H21N. The number of rotatable bonds is 5. The van der Waals surface area contributed by atoms with Gasteiger partial charge < -0.3 is 5.32 Å². The number of hydrogen-bond acceptors (Lipinski definition) is 1. The minimum Gasteiger partial charge on any atom is -0.301 e. The van der Waals surface area contributed by atoms with Crippen molar-refractivity contribution in [2.24, 2.45) is 5.92 Å². The van der Waals surface area contributed by atoms with E-state index in [1.54, 1.807) is 0 Å². The Bertz CT molecular complexity index is 144. The minimum absolute atomic E-state index is 0.257. The largest absolute Gasteiger partial charge is 0.301 e. The first-order valence-corrected chi connectivity index (χ1v) is 4.84. The Morgan fingerprint density at radius 1 is 1.33 bits per heavy atom. The van der Waals surface area contributed by atoms with E-state index < -0.39 is 0 Å². The molecule has 2 atom stereocenters. The summed E-state index contributed by atoms with van der Waals surface area (Å²) in [5.74, 6) is 3.43. The summed E-state index contributed by atoms with van der Waals surface area (Å²) in [6, 6.07) is 0.769. The predicted molar refractivity (Wildman–Crippen MR) is 55.0 cm³/mol. The Morgan fingerprint density at radius 3 is 2.25 bits per heavy atom. The molecule has 12 heavy (non-hydrogen) atoms. The predicted octanol–water partition coefficient (Wildman–Crippen LogP) is 2.42. The van der Waals surface area contributed by atoms with Crippen LogP contribution in [0.2, 0.25) is 0 Å². The van der Waals surface area contributed by atoms with Gasteiger partial charge in [0.05, 0.1) is 6.04 Å². The van der Waals surface area contributed by atoms with Crippen molar-refractivity contribution in [2.75, 3.05) is 0 Å². The van der Waals surface area contributed by atoms with Gasteiger partial charge in [-0.2, -0.15) is 0 Å². The van der Waals surface area contributed by atoms with Crippen molar-refractivity contribution in [1.29, 1.82) is 0 Å². The summed E-state index contributed by atoms with van der Waals surface area (Å²) in [5, 5.41) is 3.43. The molecule has 0 fully saturated rings. The van der Waals surface area contributed by atoms with Gasteiger partial charge >= 0.3 is 0 Å². The molecule has 0 rings (SSSR count). The van der Waals surface area contributed by atoms with Gasteiger partial charge in [0.1, 0.15) is 0 Å². The van der Waals surface area contributed by atoms with E-state index in [0.717, 1.165) is 12.8 Å². The minimum atomic E-state index is 0.257. The maximum absolute atomic E-state index is 5.39. The van der Waals surface area contributed by atoms with E-state index in [4.69, 9.17) is 6.42 Å². The molecule has 0 aliphatic carbocycles. The van der Waals surface area contributed by atoms with Crippen molar-refractivity contribution in [2.45, 2.75) is 52.6 Å². The third-order valence-corrected chi connectivity index (χ3v) is 2.24. The lowest BCUT2D eigenvalue weighted by Gasteiger charge is -2.21. The summed E-state index contributed by atoms with van der Waals surface area (Å²) in [5.41, 5.74) is 0. The lowest BCUT2D eigenvalue weighted by Crippen LogP contribution is -2.38. The smallest absolute Gasteiger partial charge is 0.0688 e. The summed E-state index contributed by atoms with van der Waals surface area (Å²) in [7, 11) is 0. The molecule has 1 N–H and O–H groups in total. The van der Waals surface area contributed by atoms with Crippen LogP contribution in [0.5, 0.6) is 0 Å². The van der Waals surface area contributed by atoms with Crippen molar-refractivity contribution in [3.63, 3.8) is 0 Å². The number of hydrogen-bond donors (Lipinski definition) is 1. The van der Waals surface area contributed by atoms with Gasteiger partial charge in [0, 0.05) is 6.04 Å². The molecule has 0 radical (unpaired) electrons. The number of nitrogens with one attached hydrogen (secondary N) is 1. The van der Waals surface area contributed by atoms with Crippen LogP contribution in [0.3, 0.4) is 0 Å². The van der Waals surface area contributed by atoms with E-state index in [2.05, 4.69) is 38.9 Å². The molecule has 0 aromatic carbocycles. The lowest BCUT2D eigenvalue weighted by atomic mass is 10.0. The van der Waals surface area contributed by atoms with Crippen molar-refractivity contribution in [3.05, 3.63) is 0 Å². The second-order valence-electron chi connectivity index (χ2n) is 3.71. The van der Waals surface area contributed by atoms with Gasteiger partial charge in [0.2, 0.25) is 0 Å². The zero-order chi connectivity index (χ0) is 9.56. The fourth-order valence-corrected chi connectivity index (χ4v) is 1.01. The molecule has 2 unspecified atom stereocenters. The van der Waals surface area contributed by atoms with Gasteiger partial charge in [0.25, 0.3) is 0 Å². The Morgan fingerprint density at radius 2 is 1.92 bits per heavy atom. The Labute approximate surface area is 76.9 Å². The van der Waals surface area contributed by atoms with Gasteiger partial charge in [-0.3, -0.25) is 0 Å². The lowest BCUT2D eigenvalue weighted by molar-refractivity contribution is 0.394. The van der Waals surface area contributed by atoms with Crippen LogP contribution in [0.1, 0.15) is 40.5 Å². The second-order valence-corrected chi connectivity index (χ2v) is 3.71. The van der Waals surface area contributed by atoms with E-state index in [9.17, 15) is 0 Å². The summed E-state index contributed by atoms with van der Waals surface area (Å²) in [6.45, 7) is 8.76. The average Bonchev–Trinajstić information content (AvgIpc) is 2.03. The van der Waals surface area contributed by atoms with E-state index in [1.165, 1.54) is 0 Å². The SMILES string of the molecule is C#CC(CCC)NC(C)C(C)C. The van der Waals surface area contributed by atoms with E-state index in [0.29, 0.717) is 12.0 Å². The Hall–Kier alpha value is -0.480. The molecule has 1 nitrogen and oxygen atoms in total. The van der Waals surface area contributed by atoms with Crippen LogP contribution in [0, 0.1) is 18.3 Å². The van der Waals surface area contributed by atoms with E-state index in [-0.39, 0.29) is 6.04 Å². The highest BCUT2D eigenvalue weighted by molar-refractivity contribution is 4.99.